The van der Waals surface area contributed by atoms with Gasteiger partial charge < -0.3 is 0 Å². The lowest BCUT2D eigenvalue weighted by atomic mass is 10.1. The van der Waals surface area contributed by atoms with E-state index in [0.29, 0.717) is 0 Å². The second kappa shape index (κ2) is 4.29. The number of fused-ring (bicyclic) bond motifs is 2. The van der Waals surface area contributed by atoms with Gasteiger partial charge in [0.15, 0.2) is 4.96 Å². The van der Waals surface area contributed by atoms with Crippen LogP contribution in [0.3, 0.4) is 0 Å². The number of aromatic nitrogens is 4. The maximum atomic E-state index is 4.50. The minimum atomic E-state index is 1.03. The fraction of sp³-hybridized carbons (Fsp3) is 0.143. The Kier molecular flexibility index (Phi) is 2.65. The van der Waals surface area contributed by atoms with Crippen molar-refractivity contribution in [3.8, 4) is 10.4 Å². The first kappa shape index (κ1) is 12.3. The molecule has 4 rings (SSSR count). The monoisotopic (exact) mass is 394 g/mol. The fourth-order valence-corrected chi connectivity index (χ4v) is 4.12. The van der Waals surface area contributed by atoms with E-state index in [2.05, 4.69) is 68.5 Å². The van der Waals surface area contributed by atoms with E-state index in [9.17, 15) is 0 Å². The lowest BCUT2D eigenvalue weighted by Crippen LogP contribution is -1.86. The SMILES string of the molecule is Cc1cc(-c2cn3cc(I)nc3s2)cc2cn(C)nc12. The molecule has 1 aromatic carbocycles. The van der Waals surface area contributed by atoms with Crippen molar-refractivity contribution in [2.45, 2.75) is 6.92 Å². The van der Waals surface area contributed by atoms with Crippen molar-refractivity contribution in [2.24, 2.45) is 7.05 Å². The molecule has 0 bridgehead atoms. The van der Waals surface area contributed by atoms with Gasteiger partial charge in [-0.25, -0.2) is 4.98 Å². The van der Waals surface area contributed by atoms with Gasteiger partial charge in [0.25, 0.3) is 0 Å². The average Bonchev–Trinajstić information content (AvgIpc) is 3.00. The van der Waals surface area contributed by atoms with Crippen molar-refractivity contribution in [3.63, 3.8) is 0 Å². The second-order valence-electron chi connectivity index (χ2n) is 4.88. The number of benzene rings is 1. The molecule has 0 aliphatic rings. The summed E-state index contributed by atoms with van der Waals surface area (Å²) in [6.07, 6.45) is 6.25. The van der Waals surface area contributed by atoms with Crippen LogP contribution in [0, 0.1) is 10.6 Å². The molecule has 0 saturated heterocycles. The zero-order valence-corrected chi connectivity index (χ0v) is 13.9. The van der Waals surface area contributed by atoms with Gasteiger partial charge in [0.1, 0.15) is 3.70 Å². The highest BCUT2D eigenvalue weighted by Gasteiger charge is 2.10. The molecule has 0 radical (unpaired) electrons. The third kappa shape index (κ3) is 1.86. The molecule has 0 atom stereocenters. The zero-order chi connectivity index (χ0) is 13.9. The molecule has 4 aromatic rings. The molecule has 0 amide bonds. The Hall–Kier alpha value is -1.41. The van der Waals surface area contributed by atoms with Crippen molar-refractivity contribution in [3.05, 3.63) is 40.0 Å². The molecule has 20 heavy (non-hydrogen) atoms. The molecule has 6 heteroatoms. The molecule has 3 aromatic heterocycles. The van der Waals surface area contributed by atoms with E-state index in [0.717, 1.165) is 14.2 Å². The summed E-state index contributed by atoms with van der Waals surface area (Å²) in [7, 11) is 1.96. The maximum absolute atomic E-state index is 4.50. The number of imidazole rings is 1. The molecule has 4 nitrogen and oxygen atoms in total. The van der Waals surface area contributed by atoms with Crippen LogP contribution in [0.2, 0.25) is 0 Å². The molecule has 0 aliphatic carbocycles. The van der Waals surface area contributed by atoms with Crippen LogP contribution in [0.25, 0.3) is 26.3 Å². The predicted molar refractivity (Wildman–Crippen MR) is 90.2 cm³/mol. The van der Waals surface area contributed by atoms with Gasteiger partial charge >= 0.3 is 0 Å². The molecule has 100 valence electrons. The van der Waals surface area contributed by atoms with Crippen LogP contribution in [-0.4, -0.2) is 19.2 Å². The molecule has 3 heterocycles. The molecule has 0 aliphatic heterocycles. The smallest absolute Gasteiger partial charge is 0.195 e. The lowest BCUT2D eigenvalue weighted by molar-refractivity contribution is 0.779. The molecule has 0 unspecified atom stereocenters. The van der Waals surface area contributed by atoms with E-state index in [4.69, 9.17) is 0 Å². The third-order valence-corrected chi connectivity index (χ3v) is 4.89. The molecular weight excluding hydrogens is 383 g/mol. The van der Waals surface area contributed by atoms with E-state index < -0.39 is 0 Å². The van der Waals surface area contributed by atoms with Gasteiger partial charge in [-0.05, 0) is 52.8 Å². The number of aryl methyl sites for hydroxylation is 2. The zero-order valence-electron chi connectivity index (χ0n) is 11.0. The van der Waals surface area contributed by atoms with Crippen LogP contribution in [0.4, 0.5) is 0 Å². The van der Waals surface area contributed by atoms with Gasteiger partial charge in [0, 0.05) is 31.0 Å². The van der Waals surface area contributed by atoms with Gasteiger partial charge in [-0.3, -0.25) is 9.08 Å². The molecule has 0 spiro atoms. The number of halogens is 1. The highest BCUT2D eigenvalue weighted by molar-refractivity contribution is 14.1. The topological polar surface area (TPSA) is 35.1 Å². The second-order valence-corrected chi connectivity index (χ2v) is 7.00. The van der Waals surface area contributed by atoms with Crippen LogP contribution in [-0.2, 0) is 7.05 Å². The van der Waals surface area contributed by atoms with Gasteiger partial charge in [-0.2, -0.15) is 5.10 Å². The molecular formula is C14H11IN4S. The number of thiazole rings is 1. The van der Waals surface area contributed by atoms with Crippen LogP contribution < -0.4 is 0 Å². The van der Waals surface area contributed by atoms with Crippen molar-refractivity contribution in [2.75, 3.05) is 0 Å². The van der Waals surface area contributed by atoms with Crippen LogP contribution >= 0.6 is 33.9 Å². The Morgan fingerprint density at radius 2 is 2.05 bits per heavy atom. The Bertz CT molecular complexity index is 915. The minimum absolute atomic E-state index is 1.03. The predicted octanol–water partition coefficient (Wildman–Crippen LogP) is 3.86. The average molecular weight is 394 g/mol. The van der Waals surface area contributed by atoms with Crippen LogP contribution in [0.15, 0.2) is 30.7 Å². The standard InChI is InChI=1S/C14H11IN4S/c1-8-3-9(4-10-5-18(2)17-13(8)10)11-6-19-7-12(15)16-14(19)20-11/h3-7H,1-2H3. The lowest BCUT2D eigenvalue weighted by Gasteiger charge is -2.00. The van der Waals surface area contributed by atoms with Crippen molar-refractivity contribution < 1.29 is 0 Å². The van der Waals surface area contributed by atoms with Crippen LogP contribution in [0.1, 0.15) is 5.56 Å². The summed E-state index contributed by atoms with van der Waals surface area (Å²) in [6, 6.07) is 4.40. The minimum Gasteiger partial charge on any atom is -0.296 e. The van der Waals surface area contributed by atoms with Gasteiger partial charge in [0.2, 0.25) is 0 Å². The summed E-state index contributed by atoms with van der Waals surface area (Å²) in [5.74, 6) is 0. The van der Waals surface area contributed by atoms with Crippen molar-refractivity contribution >= 4 is 49.8 Å². The molecule has 0 saturated carbocycles. The summed E-state index contributed by atoms with van der Waals surface area (Å²) >= 11 is 3.95. The van der Waals surface area contributed by atoms with E-state index >= 15 is 0 Å². The molecule has 0 N–H and O–H groups in total. The first-order valence-corrected chi connectivity index (χ1v) is 8.08. The quantitative estimate of drug-likeness (QED) is 0.460. The normalized spacial score (nSPS) is 11.8. The summed E-state index contributed by atoms with van der Waals surface area (Å²) in [5.41, 5.74) is 3.51. The van der Waals surface area contributed by atoms with Gasteiger partial charge in [0.05, 0.1) is 10.4 Å². The third-order valence-electron chi connectivity index (χ3n) is 3.32. The largest absolute Gasteiger partial charge is 0.296 e. The van der Waals surface area contributed by atoms with Crippen LogP contribution in [0.5, 0.6) is 0 Å². The summed E-state index contributed by atoms with van der Waals surface area (Å²) in [6.45, 7) is 2.11. The van der Waals surface area contributed by atoms with E-state index in [1.54, 1.807) is 11.3 Å². The first-order chi connectivity index (χ1) is 9.60. The number of hydrogen-bond acceptors (Lipinski definition) is 3. The summed E-state index contributed by atoms with van der Waals surface area (Å²) < 4.78 is 4.98. The van der Waals surface area contributed by atoms with Gasteiger partial charge in [-0.15, -0.1) is 0 Å². The molecule has 0 fully saturated rings. The highest BCUT2D eigenvalue weighted by atomic mass is 127. The maximum Gasteiger partial charge on any atom is 0.195 e. The number of nitrogens with zero attached hydrogens (tertiary/aromatic N) is 4. The van der Waals surface area contributed by atoms with E-state index in [1.807, 2.05) is 17.9 Å². The Balaban J connectivity index is 1.93. The van der Waals surface area contributed by atoms with Crippen molar-refractivity contribution in [1.82, 2.24) is 19.2 Å². The first-order valence-electron chi connectivity index (χ1n) is 6.18. The Morgan fingerprint density at radius 3 is 2.85 bits per heavy atom. The highest BCUT2D eigenvalue weighted by Crippen LogP contribution is 2.32. The van der Waals surface area contributed by atoms with E-state index in [1.165, 1.54) is 21.4 Å². The summed E-state index contributed by atoms with van der Waals surface area (Å²) in [5, 5.41) is 5.68. The van der Waals surface area contributed by atoms with Gasteiger partial charge in [-0.1, -0.05) is 11.3 Å². The Morgan fingerprint density at radius 1 is 1.20 bits per heavy atom. The summed E-state index contributed by atoms with van der Waals surface area (Å²) in [4.78, 5) is 6.77. The van der Waals surface area contributed by atoms with E-state index in [-0.39, 0.29) is 0 Å². The number of hydrogen-bond donors (Lipinski definition) is 0. The number of rotatable bonds is 1. The fourth-order valence-electron chi connectivity index (χ4n) is 2.47. The Labute approximate surface area is 133 Å². The van der Waals surface area contributed by atoms with Crippen molar-refractivity contribution in [1.29, 1.82) is 0 Å².